The van der Waals surface area contributed by atoms with Crippen molar-refractivity contribution in [3.63, 3.8) is 0 Å². The highest BCUT2D eigenvalue weighted by atomic mass is 35.5. The van der Waals surface area contributed by atoms with Gasteiger partial charge in [-0.2, -0.15) is 0 Å². The number of methoxy groups -OCH3 is 2. The highest BCUT2D eigenvalue weighted by Gasteiger charge is 2.23. The summed E-state index contributed by atoms with van der Waals surface area (Å²) in [6.45, 7) is 2.97. The number of carbonyl (C=O) groups excluding carboxylic acids is 1. The molecule has 1 saturated heterocycles. The smallest absolute Gasteiger partial charge is 0.228 e. The van der Waals surface area contributed by atoms with Crippen molar-refractivity contribution in [2.24, 2.45) is 0 Å². The molecule has 174 valence electrons. The second-order valence-electron chi connectivity index (χ2n) is 7.75. The first-order valence-corrected chi connectivity index (χ1v) is 11.8. The topological polar surface area (TPSA) is 54.9 Å². The summed E-state index contributed by atoms with van der Waals surface area (Å²) >= 11 is 7.64. The van der Waals surface area contributed by atoms with Crippen LogP contribution in [0.1, 0.15) is 11.3 Å². The van der Waals surface area contributed by atoms with Crippen molar-refractivity contribution in [3.05, 3.63) is 63.9 Å². The van der Waals surface area contributed by atoms with Gasteiger partial charge in [0.25, 0.3) is 0 Å². The fourth-order valence-corrected chi connectivity index (χ4v) is 4.86. The zero-order valence-corrected chi connectivity index (χ0v) is 20.1. The molecule has 1 fully saturated rings. The van der Waals surface area contributed by atoms with Crippen molar-refractivity contribution in [2.75, 3.05) is 40.4 Å². The lowest BCUT2D eigenvalue weighted by molar-refractivity contribution is -0.132. The van der Waals surface area contributed by atoms with Crippen LogP contribution in [0.5, 0.6) is 11.5 Å². The number of rotatable bonds is 7. The normalized spacial score (nSPS) is 14.4. The second-order valence-corrected chi connectivity index (χ2v) is 9.01. The molecule has 33 heavy (non-hydrogen) atoms. The van der Waals surface area contributed by atoms with Crippen molar-refractivity contribution in [2.45, 2.75) is 13.0 Å². The molecular weight excluding hydrogens is 465 g/mol. The Morgan fingerprint density at radius 1 is 1.12 bits per heavy atom. The number of hydrogen-bond donors (Lipinski definition) is 0. The van der Waals surface area contributed by atoms with Crippen LogP contribution in [0.25, 0.3) is 10.6 Å². The summed E-state index contributed by atoms with van der Waals surface area (Å²) in [6, 6.07) is 10.4. The molecule has 0 atom stereocenters. The van der Waals surface area contributed by atoms with E-state index in [1.54, 1.807) is 26.4 Å². The van der Waals surface area contributed by atoms with Crippen LogP contribution in [0, 0.1) is 5.82 Å². The lowest BCUT2D eigenvalue weighted by Gasteiger charge is -2.35. The molecule has 3 aromatic rings. The summed E-state index contributed by atoms with van der Waals surface area (Å²) in [5.74, 6) is 1.04. The minimum atomic E-state index is -0.296. The van der Waals surface area contributed by atoms with Crippen molar-refractivity contribution in [1.29, 1.82) is 0 Å². The van der Waals surface area contributed by atoms with Crippen molar-refractivity contribution in [1.82, 2.24) is 14.8 Å². The molecule has 0 saturated carbocycles. The third kappa shape index (κ3) is 5.46. The van der Waals surface area contributed by atoms with Gasteiger partial charge in [-0.25, -0.2) is 9.37 Å². The number of nitrogens with zero attached hydrogens (tertiary/aromatic N) is 3. The Morgan fingerprint density at radius 3 is 2.58 bits per heavy atom. The minimum Gasteiger partial charge on any atom is -0.493 e. The van der Waals surface area contributed by atoms with E-state index in [0.717, 1.165) is 16.3 Å². The number of ether oxygens (including phenoxy) is 2. The number of aromatic nitrogens is 1. The lowest BCUT2D eigenvalue weighted by atomic mass is 10.1. The Balaban J connectivity index is 1.33. The number of halogens is 2. The van der Waals surface area contributed by atoms with Crippen molar-refractivity contribution >= 4 is 28.8 Å². The Hall–Kier alpha value is -2.68. The number of benzene rings is 2. The fourth-order valence-electron chi connectivity index (χ4n) is 3.82. The molecule has 2 heterocycles. The maximum absolute atomic E-state index is 14.1. The molecule has 6 nitrogen and oxygen atoms in total. The lowest BCUT2D eigenvalue weighted by Crippen LogP contribution is -2.48. The quantitative estimate of drug-likeness (QED) is 0.489. The van der Waals surface area contributed by atoms with Crippen LogP contribution in [0.3, 0.4) is 0 Å². The molecule has 1 aromatic heterocycles. The molecular formula is C24H25ClFN3O3S. The van der Waals surface area contributed by atoms with Gasteiger partial charge in [0, 0.05) is 54.3 Å². The van der Waals surface area contributed by atoms with Gasteiger partial charge in [0.2, 0.25) is 5.91 Å². The van der Waals surface area contributed by atoms with Crippen LogP contribution in [-0.2, 0) is 17.8 Å². The van der Waals surface area contributed by atoms with Gasteiger partial charge < -0.3 is 14.4 Å². The Bertz CT molecular complexity index is 1110. The Kier molecular flexibility index (Phi) is 7.47. The van der Waals surface area contributed by atoms with E-state index in [2.05, 4.69) is 9.88 Å². The molecule has 0 N–H and O–H groups in total. The average molecular weight is 490 g/mol. The zero-order valence-electron chi connectivity index (χ0n) is 18.5. The van der Waals surface area contributed by atoms with Gasteiger partial charge in [-0.3, -0.25) is 9.69 Å². The highest BCUT2D eigenvalue weighted by molar-refractivity contribution is 7.13. The van der Waals surface area contributed by atoms with Gasteiger partial charge in [0.15, 0.2) is 11.5 Å². The predicted molar refractivity (Wildman–Crippen MR) is 128 cm³/mol. The van der Waals surface area contributed by atoms with E-state index in [1.165, 1.54) is 17.4 Å². The van der Waals surface area contributed by atoms with Gasteiger partial charge in [-0.05, 0) is 30.3 Å². The van der Waals surface area contributed by atoms with Crippen molar-refractivity contribution in [3.8, 4) is 22.1 Å². The zero-order chi connectivity index (χ0) is 23.4. The summed E-state index contributed by atoms with van der Waals surface area (Å²) in [5.41, 5.74) is 2.16. The van der Waals surface area contributed by atoms with Crippen molar-refractivity contribution < 1.29 is 18.7 Å². The van der Waals surface area contributed by atoms with E-state index in [4.69, 9.17) is 21.1 Å². The first-order chi connectivity index (χ1) is 16.0. The van der Waals surface area contributed by atoms with E-state index in [-0.39, 0.29) is 18.1 Å². The minimum absolute atomic E-state index is 0.0442. The number of carbonyl (C=O) groups is 1. The Morgan fingerprint density at radius 2 is 1.88 bits per heavy atom. The molecule has 2 aromatic carbocycles. The van der Waals surface area contributed by atoms with Crippen LogP contribution in [0.2, 0.25) is 5.02 Å². The summed E-state index contributed by atoms with van der Waals surface area (Å²) in [6.07, 6.45) is 0.253. The predicted octanol–water partition coefficient (Wildman–Crippen LogP) is 4.51. The van der Waals surface area contributed by atoms with Crippen LogP contribution in [0.15, 0.2) is 41.8 Å². The molecule has 0 unspecified atom stereocenters. The SMILES string of the molecule is COc1ccc(-c2nc(CC(=O)N3CCN(Cc4c(F)cccc4Cl)CC3)cs2)cc1OC. The number of piperazine rings is 1. The number of amides is 1. The molecule has 1 aliphatic rings. The second kappa shape index (κ2) is 10.5. The number of hydrogen-bond acceptors (Lipinski definition) is 6. The third-order valence-corrected chi connectivity index (χ3v) is 6.98. The van der Waals surface area contributed by atoms with Crippen LogP contribution >= 0.6 is 22.9 Å². The monoisotopic (exact) mass is 489 g/mol. The van der Waals surface area contributed by atoms with Gasteiger partial charge in [-0.15, -0.1) is 11.3 Å². The molecule has 4 rings (SSSR count). The first-order valence-electron chi connectivity index (χ1n) is 10.6. The molecule has 9 heteroatoms. The molecule has 0 radical (unpaired) electrons. The van der Waals surface area contributed by atoms with Gasteiger partial charge in [-0.1, -0.05) is 17.7 Å². The maximum Gasteiger partial charge on any atom is 0.228 e. The van der Waals surface area contributed by atoms with Gasteiger partial charge >= 0.3 is 0 Å². The largest absolute Gasteiger partial charge is 0.493 e. The molecule has 0 aliphatic carbocycles. The van der Waals surface area contributed by atoms with Crippen LogP contribution in [0.4, 0.5) is 4.39 Å². The molecule has 0 bridgehead atoms. The molecule has 1 aliphatic heterocycles. The van der Waals surface area contributed by atoms with Gasteiger partial charge in [0.1, 0.15) is 10.8 Å². The first kappa shape index (κ1) is 23.5. The van der Waals surface area contributed by atoms with Gasteiger partial charge in [0.05, 0.1) is 26.3 Å². The molecule has 0 spiro atoms. The fraction of sp³-hybridized carbons (Fsp3) is 0.333. The third-order valence-electron chi connectivity index (χ3n) is 5.68. The average Bonchev–Trinajstić information content (AvgIpc) is 3.30. The maximum atomic E-state index is 14.1. The summed E-state index contributed by atoms with van der Waals surface area (Å²) in [7, 11) is 3.19. The number of thiazole rings is 1. The van der Waals surface area contributed by atoms with E-state index < -0.39 is 0 Å². The standard InChI is InChI=1S/C24H25ClFN3O3S/c1-31-21-7-6-16(12-22(21)32-2)24-27-17(15-33-24)13-23(30)29-10-8-28(9-11-29)14-18-19(25)4-3-5-20(18)26/h3-7,12,15H,8-11,13-14H2,1-2H3. The summed E-state index contributed by atoms with van der Waals surface area (Å²) < 4.78 is 24.7. The van der Waals surface area contributed by atoms with E-state index >= 15 is 0 Å². The Labute approximate surface area is 201 Å². The van der Waals surface area contributed by atoms with E-state index in [1.807, 2.05) is 28.5 Å². The van der Waals surface area contributed by atoms with E-state index in [9.17, 15) is 9.18 Å². The highest BCUT2D eigenvalue weighted by Crippen LogP contribution is 2.33. The summed E-state index contributed by atoms with van der Waals surface area (Å²) in [5, 5.41) is 3.17. The van der Waals surface area contributed by atoms with Crippen LogP contribution in [-0.4, -0.2) is 61.1 Å². The van der Waals surface area contributed by atoms with Crippen LogP contribution < -0.4 is 9.47 Å². The molecule has 1 amide bonds. The van der Waals surface area contributed by atoms with E-state index in [0.29, 0.717) is 54.8 Å². The summed E-state index contributed by atoms with van der Waals surface area (Å²) in [4.78, 5) is 21.4.